The highest BCUT2D eigenvalue weighted by atomic mass is 16.5. The van der Waals surface area contributed by atoms with Gasteiger partial charge in [-0.3, -0.25) is 4.98 Å². The number of rotatable bonds is 4. The molecule has 1 aliphatic heterocycles. The van der Waals surface area contributed by atoms with E-state index in [0.717, 1.165) is 5.56 Å². The molecule has 0 bridgehead atoms. The Bertz CT molecular complexity index is 678. The van der Waals surface area contributed by atoms with E-state index in [2.05, 4.69) is 10.3 Å². The van der Waals surface area contributed by atoms with Crippen LogP contribution in [-0.2, 0) is 11.3 Å². The third-order valence-electron chi connectivity index (χ3n) is 3.74. The van der Waals surface area contributed by atoms with Crippen LogP contribution in [0.15, 0.2) is 48.8 Å². The maximum atomic E-state index is 12.3. The van der Waals surface area contributed by atoms with Gasteiger partial charge in [0.1, 0.15) is 12.4 Å². The van der Waals surface area contributed by atoms with Crippen molar-refractivity contribution in [1.82, 2.24) is 9.88 Å². The molecular formula is C18H21N3O3. The molecule has 6 heteroatoms. The number of nitrogens with one attached hydrogen (secondary N) is 1. The number of pyridine rings is 1. The van der Waals surface area contributed by atoms with Crippen LogP contribution in [0.5, 0.6) is 5.75 Å². The number of nitrogens with zero attached hydrogens (tertiary/aromatic N) is 2. The molecule has 0 aliphatic carbocycles. The Morgan fingerprint density at radius 2 is 2.33 bits per heavy atom. The van der Waals surface area contributed by atoms with Gasteiger partial charge in [0.15, 0.2) is 0 Å². The molecule has 1 N–H and O–H groups in total. The van der Waals surface area contributed by atoms with Gasteiger partial charge in [-0.05, 0) is 25.1 Å². The van der Waals surface area contributed by atoms with E-state index in [0.29, 0.717) is 37.7 Å². The van der Waals surface area contributed by atoms with Crippen molar-refractivity contribution in [3.05, 3.63) is 54.4 Å². The molecule has 126 valence electrons. The summed E-state index contributed by atoms with van der Waals surface area (Å²) < 4.78 is 11.2. The number of benzene rings is 1. The third kappa shape index (κ3) is 4.45. The smallest absolute Gasteiger partial charge is 0.322 e. The zero-order chi connectivity index (χ0) is 16.8. The minimum Gasteiger partial charge on any atom is -0.489 e. The highest BCUT2D eigenvalue weighted by molar-refractivity contribution is 5.89. The number of aromatic nitrogens is 1. The van der Waals surface area contributed by atoms with Crippen LogP contribution >= 0.6 is 0 Å². The summed E-state index contributed by atoms with van der Waals surface area (Å²) in [4.78, 5) is 18.1. The minimum absolute atomic E-state index is 0.0682. The number of carbonyl (C=O) groups is 1. The number of amides is 2. The summed E-state index contributed by atoms with van der Waals surface area (Å²) >= 11 is 0. The minimum atomic E-state index is -0.116. The first-order chi connectivity index (χ1) is 11.7. The Hall–Kier alpha value is -2.60. The number of morpholine rings is 1. The molecule has 24 heavy (non-hydrogen) atoms. The largest absolute Gasteiger partial charge is 0.489 e. The van der Waals surface area contributed by atoms with Crippen molar-refractivity contribution in [1.29, 1.82) is 0 Å². The van der Waals surface area contributed by atoms with E-state index in [1.807, 2.05) is 43.3 Å². The van der Waals surface area contributed by atoms with E-state index in [1.54, 1.807) is 17.3 Å². The first kappa shape index (κ1) is 16.3. The summed E-state index contributed by atoms with van der Waals surface area (Å²) in [5.74, 6) is 0.701. The molecule has 1 aromatic heterocycles. The number of ether oxygens (including phenoxy) is 2. The Labute approximate surface area is 141 Å². The van der Waals surface area contributed by atoms with Crippen LogP contribution in [0.1, 0.15) is 12.5 Å². The lowest BCUT2D eigenvalue weighted by atomic mass is 10.3. The van der Waals surface area contributed by atoms with Crippen LogP contribution in [0.3, 0.4) is 0 Å². The van der Waals surface area contributed by atoms with E-state index < -0.39 is 0 Å². The summed E-state index contributed by atoms with van der Waals surface area (Å²) in [6.07, 6.45) is 3.57. The topological polar surface area (TPSA) is 63.7 Å². The van der Waals surface area contributed by atoms with Gasteiger partial charge in [0.25, 0.3) is 0 Å². The van der Waals surface area contributed by atoms with Gasteiger partial charge in [-0.25, -0.2) is 4.79 Å². The van der Waals surface area contributed by atoms with E-state index >= 15 is 0 Å². The van der Waals surface area contributed by atoms with Crippen molar-refractivity contribution >= 4 is 11.7 Å². The first-order valence-corrected chi connectivity index (χ1v) is 8.00. The van der Waals surface area contributed by atoms with Crippen LogP contribution in [-0.4, -0.2) is 41.7 Å². The summed E-state index contributed by atoms with van der Waals surface area (Å²) in [6.45, 7) is 4.18. The Morgan fingerprint density at radius 3 is 3.12 bits per heavy atom. The van der Waals surface area contributed by atoms with Crippen LogP contribution in [0, 0.1) is 0 Å². The number of hydrogen-bond acceptors (Lipinski definition) is 4. The lowest BCUT2D eigenvalue weighted by Gasteiger charge is -2.31. The molecule has 2 heterocycles. The van der Waals surface area contributed by atoms with E-state index in [-0.39, 0.29) is 12.1 Å². The van der Waals surface area contributed by atoms with Gasteiger partial charge in [-0.1, -0.05) is 12.1 Å². The molecule has 2 aromatic rings. The lowest BCUT2D eigenvalue weighted by molar-refractivity contribution is -0.00138. The van der Waals surface area contributed by atoms with Crippen molar-refractivity contribution < 1.29 is 14.3 Å². The highest BCUT2D eigenvalue weighted by Gasteiger charge is 2.21. The molecule has 3 rings (SSSR count). The van der Waals surface area contributed by atoms with Crippen LogP contribution < -0.4 is 10.1 Å². The van der Waals surface area contributed by atoms with Crippen molar-refractivity contribution in [2.24, 2.45) is 0 Å². The average Bonchev–Trinajstić information content (AvgIpc) is 2.61. The summed E-state index contributed by atoms with van der Waals surface area (Å²) in [5.41, 5.74) is 1.71. The number of carbonyl (C=O) groups excluding carboxylic acids is 1. The predicted octanol–water partition coefficient (Wildman–Crippen LogP) is 2.91. The fraction of sp³-hybridized carbons (Fsp3) is 0.333. The summed E-state index contributed by atoms with van der Waals surface area (Å²) in [7, 11) is 0. The normalized spacial score (nSPS) is 17.4. The fourth-order valence-corrected chi connectivity index (χ4v) is 2.52. The van der Waals surface area contributed by atoms with Crippen LogP contribution in [0.2, 0.25) is 0 Å². The molecule has 1 aromatic carbocycles. The highest BCUT2D eigenvalue weighted by Crippen LogP contribution is 2.19. The molecule has 0 spiro atoms. The number of urea groups is 1. The van der Waals surface area contributed by atoms with Gasteiger partial charge in [0.2, 0.25) is 0 Å². The Balaban J connectivity index is 1.57. The Kier molecular flexibility index (Phi) is 5.28. The standard InChI is InChI=1S/C18H21N3O3/c1-14-12-21(8-9-23-14)18(22)20-16-5-2-6-17(10-16)24-13-15-4-3-7-19-11-15/h2-7,10-11,14H,8-9,12-13H2,1H3,(H,20,22)/t14-/m1/s1. The molecule has 1 saturated heterocycles. The maximum absolute atomic E-state index is 12.3. The monoisotopic (exact) mass is 327 g/mol. The second-order valence-corrected chi connectivity index (χ2v) is 5.74. The van der Waals surface area contributed by atoms with Gasteiger partial charge in [-0.15, -0.1) is 0 Å². The molecule has 1 aliphatic rings. The molecule has 6 nitrogen and oxygen atoms in total. The first-order valence-electron chi connectivity index (χ1n) is 8.00. The fourth-order valence-electron chi connectivity index (χ4n) is 2.52. The van der Waals surface area contributed by atoms with Crippen molar-refractivity contribution in [3.63, 3.8) is 0 Å². The summed E-state index contributed by atoms with van der Waals surface area (Å²) in [6, 6.07) is 11.1. The molecule has 0 saturated carbocycles. The maximum Gasteiger partial charge on any atom is 0.322 e. The summed E-state index contributed by atoms with van der Waals surface area (Å²) in [5, 5.41) is 2.91. The molecule has 1 fully saturated rings. The second-order valence-electron chi connectivity index (χ2n) is 5.74. The van der Waals surface area contributed by atoms with E-state index in [4.69, 9.17) is 9.47 Å². The van der Waals surface area contributed by atoms with E-state index in [1.165, 1.54) is 0 Å². The zero-order valence-electron chi connectivity index (χ0n) is 13.6. The van der Waals surface area contributed by atoms with Crippen molar-refractivity contribution in [2.75, 3.05) is 25.0 Å². The quantitative estimate of drug-likeness (QED) is 0.938. The second kappa shape index (κ2) is 7.79. The van der Waals surface area contributed by atoms with Crippen molar-refractivity contribution in [2.45, 2.75) is 19.6 Å². The predicted molar refractivity (Wildman–Crippen MR) is 91.0 cm³/mol. The van der Waals surface area contributed by atoms with Gasteiger partial charge in [-0.2, -0.15) is 0 Å². The lowest BCUT2D eigenvalue weighted by Crippen LogP contribution is -2.46. The number of hydrogen-bond donors (Lipinski definition) is 1. The van der Waals surface area contributed by atoms with Crippen LogP contribution in [0.4, 0.5) is 10.5 Å². The molecular weight excluding hydrogens is 306 g/mol. The van der Waals surface area contributed by atoms with Crippen molar-refractivity contribution in [3.8, 4) is 5.75 Å². The third-order valence-corrected chi connectivity index (χ3v) is 3.74. The SMILES string of the molecule is C[C@@H]1CN(C(=O)Nc2cccc(OCc3cccnc3)c2)CCO1. The van der Waals surface area contributed by atoms with Crippen LogP contribution in [0.25, 0.3) is 0 Å². The molecule has 0 unspecified atom stereocenters. The number of anilines is 1. The van der Waals surface area contributed by atoms with E-state index in [9.17, 15) is 4.79 Å². The van der Waals surface area contributed by atoms with Gasteiger partial charge >= 0.3 is 6.03 Å². The van der Waals surface area contributed by atoms with Gasteiger partial charge < -0.3 is 19.7 Å². The molecule has 0 radical (unpaired) electrons. The Morgan fingerprint density at radius 1 is 1.42 bits per heavy atom. The zero-order valence-corrected chi connectivity index (χ0v) is 13.6. The van der Waals surface area contributed by atoms with Gasteiger partial charge in [0.05, 0.1) is 12.7 Å². The average molecular weight is 327 g/mol. The molecule has 2 amide bonds. The van der Waals surface area contributed by atoms with Gasteiger partial charge in [0, 0.05) is 42.8 Å². The molecule has 1 atom stereocenters.